The second-order valence-corrected chi connectivity index (χ2v) is 51.0. The number of hydrogen-bond acceptors (Lipinski definition) is 4. The second kappa shape index (κ2) is 0.631. The molecule has 9 heavy (non-hydrogen) atoms. The van der Waals surface area contributed by atoms with Gasteiger partial charge in [0.25, 0.3) is 0 Å². The Hall–Kier alpha value is 0.723. The van der Waals surface area contributed by atoms with Gasteiger partial charge < -0.3 is 0 Å². The van der Waals surface area contributed by atoms with Crippen molar-refractivity contribution >= 4 is 0 Å². The van der Waals surface area contributed by atoms with Crippen LogP contribution < -0.4 is 14.7 Å². The molecule has 0 saturated heterocycles. The molecule has 4 nitrogen and oxygen atoms in total. The van der Waals surface area contributed by atoms with Gasteiger partial charge in [0.15, 0.2) is 0 Å². The zero-order valence-electron chi connectivity index (χ0n) is 6.81. The first-order valence-electron chi connectivity index (χ1n) is 3.15. The van der Waals surface area contributed by atoms with E-state index in [1.807, 2.05) is 0 Å². The van der Waals surface area contributed by atoms with Gasteiger partial charge in [-0.25, -0.2) is 0 Å². The van der Waals surface area contributed by atoms with Crippen LogP contribution in [0.1, 0.15) is 0 Å². The summed E-state index contributed by atoms with van der Waals surface area (Å²) in [6.45, 7) is 0. The normalized spacial score (nSPS) is 31.1. The van der Waals surface area contributed by atoms with E-state index in [1.54, 1.807) is 18.5 Å². The first-order valence-corrected chi connectivity index (χ1v) is 18.7. The van der Waals surface area contributed by atoms with Crippen LogP contribution in [0, 0.1) is 0 Å². The first kappa shape index (κ1) is 9.72. The van der Waals surface area contributed by atoms with Crippen LogP contribution in [-0.2, 0) is 15.5 Å². The predicted octanol–water partition coefficient (Wildman–Crippen LogP) is -0.0297. The third kappa shape index (κ3) is 754. The van der Waals surface area contributed by atoms with E-state index in [0.717, 1.165) is 0 Å². The Labute approximate surface area is 48.9 Å². The molecule has 0 unspecified atom stereocenters. The summed E-state index contributed by atoms with van der Waals surface area (Å²) in [5.74, 6) is 0. The zero-order chi connectivity index (χ0) is 8.35. The molecule has 0 radical (unpaired) electrons. The molecule has 0 rings (SSSR count). The molecular formula is C4H20N4Zr. The van der Waals surface area contributed by atoms with Crippen LogP contribution in [0.2, 0.25) is 18.5 Å². The Kier molecular flexibility index (Phi) is 0.681. The Balaban J connectivity index is 5.84. The van der Waals surface area contributed by atoms with Crippen LogP contribution in [0.15, 0.2) is 0 Å². The Morgan fingerprint density at radius 1 is 0.667 bits per heavy atom. The third-order valence-corrected chi connectivity index (χ3v) is 0. The molecule has 0 heterocycles. The first-order chi connectivity index (χ1) is 2.83. The molecule has 0 atom stereocenters. The summed E-state index contributed by atoms with van der Waals surface area (Å²) in [6, 6.07) is 0. The summed E-state index contributed by atoms with van der Waals surface area (Å²) < 4.78 is 29.6. The summed E-state index contributed by atoms with van der Waals surface area (Å²) in [4.78, 5) is 0. The van der Waals surface area contributed by atoms with Gasteiger partial charge in [-0.3, -0.25) is 0 Å². The van der Waals surface area contributed by atoms with Crippen LogP contribution in [0.5, 0.6) is 0 Å². The molecule has 0 aliphatic rings. The molecular weight excluding hydrogens is 195 g/mol. The van der Waals surface area contributed by atoms with Crippen molar-refractivity contribution in [2.75, 3.05) is 0 Å². The summed E-state index contributed by atoms with van der Waals surface area (Å²) in [6.07, 6.45) is 0. The zero-order valence-corrected chi connectivity index (χ0v) is 9.27. The number of nitrogens with two attached hydrogens (primary N) is 4. The van der Waals surface area contributed by atoms with Crippen LogP contribution >= 0.6 is 0 Å². The minimum atomic E-state index is -5.38. The average molecular weight is 215 g/mol. The van der Waals surface area contributed by atoms with Crippen molar-refractivity contribution in [2.24, 2.45) is 14.7 Å². The molecule has 0 aromatic heterocycles. The summed E-state index contributed by atoms with van der Waals surface area (Å²) in [5.41, 5.74) is 0. The standard InChI is InChI=1S/4CH3.4H2N.Zr/h4*1H3;4*1H2;/q;;;;4*-1;+4. The molecule has 0 amide bonds. The van der Waals surface area contributed by atoms with Gasteiger partial charge in [0.05, 0.1) is 0 Å². The molecule has 0 aliphatic carbocycles. The van der Waals surface area contributed by atoms with Gasteiger partial charge in [-0.2, -0.15) is 0 Å². The summed E-state index contributed by atoms with van der Waals surface area (Å²) in [5, 5.41) is 0. The van der Waals surface area contributed by atoms with Gasteiger partial charge in [-0.15, -0.1) is 0 Å². The molecule has 5 heteroatoms. The summed E-state index contributed by atoms with van der Waals surface area (Å²) >= 11 is -5.38. The van der Waals surface area contributed by atoms with Crippen molar-refractivity contribution in [1.82, 2.24) is 0 Å². The van der Waals surface area contributed by atoms with Crippen LogP contribution in [0.4, 0.5) is 0 Å². The van der Waals surface area contributed by atoms with Crippen molar-refractivity contribution in [3.8, 4) is 0 Å². The summed E-state index contributed by atoms with van der Waals surface area (Å²) in [7, 11) is 0. The van der Waals surface area contributed by atoms with E-state index in [9.17, 15) is 0 Å². The van der Waals surface area contributed by atoms with Gasteiger partial charge in [0.1, 0.15) is 0 Å². The van der Waals surface area contributed by atoms with Crippen LogP contribution in [-0.4, -0.2) is 0 Å². The molecule has 8 N–H and O–H groups in total. The van der Waals surface area contributed by atoms with Crippen molar-refractivity contribution < 1.29 is 15.5 Å². The third-order valence-electron chi connectivity index (χ3n) is 0. The number of rotatable bonds is 0. The van der Waals surface area contributed by atoms with E-state index in [4.69, 9.17) is 14.7 Å². The van der Waals surface area contributed by atoms with Gasteiger partial charge in [0, 0.05) is 0 Å². The van der Waals surface area contributed by atoms with Gasteiger partial charge >= 0.3 is 48.7 Å². The quantitative estimate of drug-likeness (QED) is 0.455. The molecule has 0 fully saturated rings. The molecule has 0 bridgehead atoms. The van der Waals surface area contributed by atoms with E-state index in [-0.39, 0.29) is 0 Å². The van der Waals surface area contributed by atoms with E-state index < -0.39 is 15.5 Å². The van der Waals surface area contributed by atoms with Crippen LogP contribution in [0.25, 0.3) is 0 Å². The molecule has 0 spiro atoms. The fraction of sp³-hybridized carbons (Fsp3) is 1.00. The minimum absolute atomic E-state index is 1.56. The fourth-order valence-corrected chi connectivity index (χ4v) is 0. The van der Waals surface area contributed by atoms with Gasteiger partial charge in [-0.05, 0) is 0 Å². The molecule has 0 aromatic rings. The SMILES string of the molecule is [CH3][Zr]([CH3])([CH3])([CH3])([NH2])([NH2])([NH2])[NH2]. The van der Waals surface area contributed by atoms with Gasteiger partial charge in [0.2, 0.25) is 0 Å². The van der Waals surface area contributed by atoms with E-state index in [0.29, 0.717) is 0 Å². The topological polar surface area (TPSA) is 104 Å². The predicted molar refractivity (Wildman–Crippen MR) is 40.2 cm³/mol. The van der Waals surface area contributed by atoms with Crippen molar-refractivity contribution in [3.05, 3.63) is 0 Å². The fourth-order valence-electron chi connectivity index (χ4n) is 0. The monoisotopic (exact) mass is 214 g/mol. The maximum atomic E-state index is 5.84. The molecule has 0 saturated carbocycles. The Morgan fingerprint density at radius 2 is 0.667 bits per heavy atom. The van der Waals surface area contributed by atoms with Crippen molar-refractivity contribution in [2.45, 2.75) is 18.5 Å². The Bertz CT molecular complexity index is 147. The molecule has 0 aromatic carbocycles. The van der Waals surface area contributed by atoms with E-state index in [2.05, 4.69) is 0 Å². The number of hydrogen-bond donors (Lipinski definition) is 4. The Morgan fingerprint density at radius 3 is 0.667 bits per heavy atom. The molecule has 0 aliphatic heterocycles. The van der Waals surface area contributed by atoms with Crippen molar-refractivity contribution in [3.63, 3.8) is 0 Å². The van der Waals surface area contributed by atoms with E-state index >= 15 is 0 Å². The molecule has 60 valence electrons. The van der Waals surface area contributed by atoms with E-state index in [1.165, 1.54) is 0 Å². The van der Waals surface area contributed by atoms with Gasteiger partial charge in [-0.1, -0.05) is 0 Å². The van der Waals surface area contributed by atoms with Crippen LogP contribution in [0.3, 0.4) is 0 Å². The average Bonchev–Trinajstić information content (AvgIpc) is 0.503. The van der Waals surface area contributed by atoms with Crippen molar-refractivity contribution in [1.29, 1.82) is 0 Å². The second-order valence-electron chi connectivity index (χ2n) is 8.62. The maximum absolute atomic E-state index is 5.84.